The van der Waals surface area contributed by atoms with E-state index in [1.165, 1.54) is 0 Å². The second-order valence-corrected chi connectivity index (χ2v) is 0.759. The third kappa shape index (κ3) is 49.6. The van der Waals surface area contributed by atoms with Gasteiger partial charge < -0.3 is 4.89 Å². The van der Waals surface area contributed by atoms with Gasteiger partial charge >= 0.3 is 32.2 Å². The van der Waals surface area contributed by atoms with Gasteiger partial charge in [0.15, 0.2) is 0 Å². The summed E-state index contributed by atoms with van der Waals surface area (Å²) in [5.41, 5.74) is 0. The molecule has 31 valence electrons. The summed E-state index contributed by atoms with van der Waals surface area (Å²) in [5, 5.41) is 0. The van der Waals surface area contributed by atoms with Crippen LogP contribution in [0.5, 0.6) is 0 Å². The number of rotatable bonds is 0. The number of halogens is 1. The van der Waals surface area contributed by atoms with Crippen molar-refractivity contribution in [3.8, 4) is 0 Å². The molecule has 0 aliphatic carbocycles. The van der Waals surface area contributed by atoms with Crippen molar-refractivity contribution in [2.24, 2.45) is 0 Å². The van der Waals surface area contributed by atoms with Crippen molar-refractivity contribution in [3.63, 3.8) is 0 Å². The molecule has 0 saturated carbocycles. The maximum atomic E-state index is 10.1. The second-order valence-electron chi connectivity index (χ2n) is 0.253. The molecule has 1 atom stereocenters. The SMILES string of the molecule is O=[PH](O)F.[SnH]. The van der Waals surface area contributed by atoms with E-state index in [1.807, 2.05) is 0 Å². The van der Waals surface area contributed by atoms with Gasteiger partial charge in [-0.1, -0.05) is 0 Å². The van der Waals surface area contributed by atoms with Crippen LogP contribution < -0.4 is 0 Å². The molecule has 3 radical (unpaired) electrons. The molecule has 0 aliphatic heterocycles. The van der Waals surface area contributed by atoms with E-state index in [1.54, 1.807) is 0 Å². The summed E-state index contributed by atoms with van der Waals surface area (Å²) in [5.74, 6) is 0. The zero-order valence-electron chi connectivity index (χ0n) is 2.31. The van der Waals surface area contributed by atoms with E-state index in [0.717, 1.165) is 0 Å². The zero-order chi connectivity index (χ0) is 3.58. The first-order valence-corrected chi connectivity index (χ1v) is 1.85. The Labute approximate surface area is 46.3 Å². The van der Waals surface area contributed by atoms with E-state index >= 15 is 0 Å². The van der Waals surface area contributed by atoms with Crippen LogP contribution >= 0.6 is 8.34 Å². The van der Waals surface area contributed by atoms with Gasteiger partial charge in [0.1, 0.15) is 0 Å². The third-order valence-corrected chi connectivity index (χ3v) is 0. The molecule has 0 fully saturated rings. The van der Waals surface area contributed by atoms with Crippen molar-refractivity contribution in [2.75, 3.05) is 0 Å². The van der Waals surface area contributed by atoms with Crippen LogP contribution in [0.25, 0.3) is 0 Å². The van der Waals surface area contributed by atoms with Crippen molar-refractivity contribution in [3.05, 3.63) is 0 Å². The van der Waals surface area contributed by atoms with Crippen LogP contribution in [-0.2, 0) is 4.57 Å². The fourth-order valence-electron chi connectivity index (χ4n) is 0. The van der Waals surface area contributed by atoms with E-state index in [9.17, 15) is 4.20 Å². The van der Waals surface area contributed by atoms with E-state index in [0.29, 0.717) is 0 Å². The maximum absolute atomic E-state index is 10.1. The Kier molecular flexibility index (Phi) is 9.17. The van der Waals surface area contributed by atoms with Crippen LogP contribution in [0.2, 0.25) is 0 Å². The molecular formula is H3FO2PSn. The van der Waals surface area contributed by atoms with Crippen LogP contribution in [0.1, 0.15) is 0 Å². The van der Waals surface area contributed by atoms with E-state index in [4.69, 9.17) is 9.46 Å². The van der Waals surface area contributed by atoms with E-state index < -0.39 is 8.34 Å². The second kappa shape index (κ2) is 4.92. The van der Waals surface area contributed by atoms with Gasteiger partial charge in [-0.3, -0.25) is 4.57 Å². The predicted octanol–water partition coefficient (Wildman–Crippen LogP) is -0.311. The summed E-state index contributed by atoms with van der Waals surface area (Å²) in [7, 11) is -3.63. The van der Waals surface area contributed by atoms with Gasteiger partial charge in [-0.15, -0.1) is 0 Å². The topological polar surface area (TPSA) is 37.3 Å². The first-order valence-electron chi connectivity index (χ1n) is 0.617. The Hall–Kier alpha value is 0.919. The summed E-state index contributed by atoms with van der Waals surface area (Å²) in [6, 6.07) is 0. The van der Waals surface area contributed by atoms with Crippen molar-refractivity contribution in [2.45, 2.75) is 0 Å². The van der Waals surface area contributed by atoms with Gasteiger partial charge in [-0.05, 0) is 0 Å². The fourth-order valence-corrected chi connectivity index (χ4v) is 0. The molecule has 0 aromatic rings. The predicted molar refractivity (Wildman–Crippen MR) is 19.5 cm³/mol. The molecule has 0 amide bonds. The molecule has 1 N–H and O–H groups in total. The molecule has 0 aromatic heterocycles. The van der Waals surface area contributed by atoms with Crippen molar-refractivity contribution < 1.29 is 13.7 Å². The molecule has 0 heterocycles. The van der Waals surface area contributed by atoms with Crippen LogP contribution in [0.4, 0.5) is 4.20 Å². The minimum absolute atomic E-state index is 0. The zero-order valence-corrected chi connectivity index (χ0v) is 6.61. The molecule has 0 aliphatic rings. The summed E-state index contributed by atoms with van der Waals surface area (Å²) < 4.78 is 18.6. The quantitative estimate of drug-likeness (QED) is 0.433. The van der Waals surface area contributed by atoms with Crippen LogP contribution in [0.3, 0.4) is 0 Å². The van der Waals surface area contributed by atoms with Gasteiger partial charge in [0.2, 0.25) is 0 Å². The molecule has 5 heteroatoms. The van der Waals surface area contributed by atoms with Crippen molar-refractivity contribution in [1.82, 2.24) is 0 Å². The summed E-state index contributed by atoms with van der Waals surface area (Å²) in [6.45, 7) is 0. The standard InChI is InChI=1S/FH2O2P.Sn.H/c1-4(2)3;;/h4H,(H,2,3);;. The Morgan fingerprint density at radius 2 is 1.80 bits per heavy atom. The number of hydrogen-bond donors (Lipinski definition) is 1. The first kappa shape index (κ1) is 9.32. The minimum atomic E-state index is -3.63. The molecule has 0 rings (SSSR count). The van der Waals surface area contributed by atoms with Crippen LogP contribution in [0, 0.1) is 0 Å². The van der Waals surface area contributed by atoms with Crippen LogP contribution in [-0.4, -0.2) is 28.8 Å². The van der Waals surface area contributed by atoms with Crippen molar-refractivity contribution in [1.29, 1.82) is 0 Å². The molecule has 1 unspecified atom stereocenters. The average Bonchev–Trinajstić information content (AvgIpc) is 0.811. The van der Waals surface area contributed by atoms with Gasteiger partial charge in [-0.2, -0.15) is 4.20 Å². The van der Waals surface area contributed by atoms with Crippen molar-refractivity contribution >= 4 is 32.2 Å². The molecule has 0 saturated heterocycles. The fraction of sp³-hybridized carbons (Fsp3) is 0. The summed E-state index contributed by atoms with van der Waals surface area (Å²) in [6.07, 6.45) is 0. The molecule has 0 aromatic carbocycles. The van der Waals surface area contributed by atoms with Gasteiger partial charge in [0.25, 0.3) is 0 Å². The molecule has 5 heavy (non-hydrogen) atoms. The molecule has 0 spiro atoms. The normalized spacial score (nSPS) is 12.4. The van der Waals surface area contributed by atoms with Crippen LogP contribution in [0.15, 0.2) is 0 Å². The Balaban J connectivity index is 0. The summed E-state index contributed by atoms with van der Waals surface area (Å²) in [4.78, 5) is 6.94. The Bertz CT molecular complexity index is 32.6. The van der Waals surface area contributed by atoms with Gasteiger partial charge in [-0.25, -0.2) is 0 Å². The molecule has 0 bridgehead atoms. The van der Waals surface area contributed by atoms with E-state index in [-0.39, 0.29) is 23.9 Å². The van der Waals surface area contributed by atoms with Gasteiger partial charge in [0.05, 0.1) is 0 Å². The van der Waals surface area contributed by atoms with E-state index in [2.05, 4.69) is 0 Å². The number of hydrogen-bond acceptors (Lipinski definition) is 1. The Morgan fingerprint density at radius 3 is 1.80 bits per heavy atom. The van der Waals surface area contributed by atoms with Gasteiger partial charge in [0, 0.05) is 0 Å². The molecular weight excluding hydrogens is 201 g/mol. The summed E-state index contributed by atoms with van der Waals surface area (Å²) >= 11 is 0. The first-order chi connectivity index (χ1) is 1.73. The third-order valence-electron chi connectivity index (χ3n) is 0. The molecule has 2 nitrogen and oxygen atoms in total. The average molecular weight is 204 g/mol. The Morgan fingerprint density at radius 1 is 1.80 bits per heavy atom. The monoisotopic (exact) mass is 205 g/mol.